The summed E-state index contributed by atoms with van der Waals surface area (Å²) in [7, 11) is 0. The molecule has 2 atom stereocenters. The highest BCUT2D eigenvalue weighted by atomic mass is 35.5. The van der Waals surface area contributed by atoms with Gasteiger partial charge in [-0.1, -0.05) is 54.1 Å². The molecule has 0 aliphatic carbocycles. The van der Waals surface area contributed by atoms with E-state index in [2.05, 4.69) is 0 Å². The van der Waals surface area contributed by atoms with E-state index in [1.54, 1.807) is 0 Å². The van der Waals surface area contributed by atoms with Gasteiger partial charge in [0.05, 0.1) is 11.5 Å². The van der Waals surface area contributed by atoms with E-state index in [0.29, 0.717) is 16.4 Å². The van der Waals surface area contributed by atoms with Crippen molar-refractivity contribution in [3.05, 3.63) is 82.1 Å². The summed E-state index contributed by atoms with van der Waals surface area (Å²) in [6.45, 7) is 7.42. The van der Waals surface area contributed by atoms with E-state index in [0.717, 1.165) is 11.1 Å². The van der Waals surface area contributed by atoms with Crippen LogP contribution < -0.4 is 0 Å². The molecule has 136 valence electrons. The van der Waals surface area contributed by atoms with Gasteiger partial charge in [0.15, 0.2) is 0 Å². The van der Waals surface area contributed by atoms with E-state index >= 15 is 0 Å². The Kier molecular flexibility index (Phi) is 5.10. The van der Waals surface area contributed by atoms with E-state index in [1.807, 2.05) is 82.3 Å². The van der Waals surface area contributed by atoms with Gasteiger partial charge in [0.1, 0.15) is 17.5 Å². The third-order valence-corrected chi connectivity index (χ3v) is 4.52. The lowest BCUT2D eigenvalue weighted by Crippen LogP contribution is -2.27. The summed E-state index contributed by atoms with van der Waals surface area (Å²) >= 11 is 6.05. The van der Waals surface area contributed by atoms with Crippen LogP contribution in [0.5, 0.6) is 0 Å². The van der Waals surface area contributed by atoms with Crippen LogP contribution in [-0.4, -0.2) is 11.6 Å². The number of esters is 1. The summed E-state index contributed by atoms with van der Waals surface area (Å²) in [5.74, 6) is 0.0194. The fraction of sp³-hybridized carbons (Fsp3) is 0.318. The van der Waals surface area contributed by atoms with Gasteiger partial charge in [-0.2, -0.15) is 0 Å². The normalized spacial score (nSPS) is 20.0. The van der Waals surface area contributed by atoms with Crippen molar-refractivity contribution >= 4 is 17.6 Å². The highest BCUT2D eigenvalue weighted by molar-refractivity contribution is 6.30. The second-order valence-electron chi connectivity index (χ2n) is 7.45. The van der Waals surface area contributed by atoms with Crippen molar-refractivity contribution in [1.82, 2.24) is 0 Å². The summed E-state index contributed by atoms with van der Waals surface area (Å²) in [6.07, 6.45) is -0.278. The average molecular weight is 371 g/mol. The van der Waals surface area contributed by atoms with Gasteiger partial charge in [0.2, 0.25) is 0 Å². The van der Waals surface area contributed by atoms with Gasteiger partial charge in [0, 0.05) is 5.02 Å². The lowest BCUT2D eigenvalue weighted by atomic mass is 9.84. The molecule has 1 aliphatic heterocycles. The van der Waals surface area contributed by atoms with Gasteiger partial charge in [-0.05, 0) is 51.0 Å². The molecule has 0 saturated heterocycles. The Morgan fingerprint density at radius 2 is 1.62 bits per heavy atom. The number of hydrogen-bond acceptors (Lipinski definition) is 3. The standard InChI is InChI=1S/C22H23ClO3/c1-14-18(21(24)26-22(2,3)4)19(15-10-12-17(23)13-11-15)20(25-14)16-8-6-5-7-9-16/h5-13,19-20H,1-4H3/t19-,20-/m1/s1. The predicted molar refractivity (Wildman–Crippen MR) is 103 cm³/mol. The van der Waals surface area contributed by atoms with Gasteiger partial charge in [-0.15, -0.1) is 0 Å². The zero-order chi connectivity index (χ0) is 18.9. The quantitative estimate of drug-likeness (QED) is 0.639. The first-order chi connectivity index (χ1) is 12.3. The molecule has 0 unspecified atom stereocenters. The molecule has 0 aromatic heterocycles. The van der Waals surface area contributed by atoms with Gasteiger partial charge in [-0.3, -0.25) is 0 Å². The molecule has 4 heteroatoms. The molecule has 0 saturated carbocycles. The molecule has 26 heavy (non-hydrogen) atoms. The Hall–Kier alpha value is -2.26. The maximum atomic E-state index is 12.9. The van der Waals surface area contributed by atoms with Gasteiger partial charge < -0.3 is 9.47 Å². The molecule has 0 radical (unpaired) electrons. The highest BCUT2D eigenvalue weighted by Crippen LogP contribution is 2.48. The summed E-state index contributed by atoms with van der Waals surface area (Å²) in [6, 6.07) is 17.5. The first-order valence-corrected chi connectivity index (χ1v) is 9.05. The zero-order valence-corrected chi connectivity index (χ0v) is 16.2. The number of hydrogen-bond donors (Lipinski definition) is 0. The van der Waals surface area contributed by atoms with Crippen LogP contribution in [-0.2, 0) is 14.3 Å². The second-order valence-corrected chi connectivity index (χ2v) is 7.89. The molecular formula is C22H23ClO3. The number of carbonyl (C=O) groups excluding carboxylic acids is 1. The van der Waals surface area contributed by atoms with Gasteiger partial charge >= 0.3 is 5.97 Å². The van der Waals surface area contributed by atoms with Crippen LogP contribution >= 0.6 is 11.6 Å². The second kappa shape index (κ2) is 7.16. The van der Waals surface area contributed by atoms with Crippen LogP contribution in [0, 0.1) is 0 Å². The molecule has 0 bridgehead atoms. The van der Waals surface area contributed by atoms with Crippen molar-refractivity contribution in [2.24, 2.45) is 0 Å². The van der Waals surface area contributed by atoms with Crippen molar-refractivity contribution < 1.29 is 14.3 Å². The number of carbonyl (C=O) groups is 1. The number of allylic oxidation sites excluding steroid dienone is 1. The third-order valence-electron chi connectivity index (χ3n) is 4.27. The Morgan fingerprint density at radius 3 is 2.19 bits per heavy atom. The minimum Gasteiger partial charge on any atom is -0.489 e. The van der Waals surface area contributed by atoms with Crippen molar-refractivity contribution in [1.29, 1.82) is 0 Å². The molecular weight excluding hydrogens is 348 g/mol. The number of halogens is 1. The molecule has 0 spiro atoms. The molecule has 0 amide bonds. The fourth-order valence-electron chi connectivity index (χ4n) is 3.21. The number of rotatable bonds is 3. The van der Waals surface area contributed by atoms with Crippen LogP contribution in [0.15, 0.2) is 65.9 Å². The monoisotopic (exact) mass is 370 g/mol. The Labute approximate surface area is 159 Å². The topological polar surface area (TPSA) is 35.5 Å². The van der Waals surface area contributed by atoms with E-state index in [1.165, 1.54) is 0 Å². The lowest BCUT2D eigenvalue weighted by molar-refractivity contribution is -0.150. The van der Waals surface area contributed by atoms with Crippen molar-refractivity contribution in [3.63, 3.8) is 0 Å². The predicted octanol–water partition coefficient (Wildman–Crippen LogP) is 5.81. The van der Waals surface area contributed by atoms with Gasteiger partial charge in [0.25, 0.3) is 0 Å². The lowest BCUT2D eigenvalue weighted by Gasteiger charge is -2.24. The summed E-state index contributed by atoms with van der Waals surface area (Å²) in [5, 5.41) is 0.656. The van der Waals surface area contributed by atoms with Crippen LogP contribution in [0.3, 0.4) is 0 Å². The first kappa shape index (κ1) is 18.5. The maximum absolute atomic E-state index is 12.9. The minimum absolute atomic E-state index is 0.246. The Balaban J connectivity index is 2.05. The Morgan fingerprint density at radius 1 is 1.00 bits per heavy atom. The molecule has 0 fully saturated rings. The SMILES string of the molecule is CC1=C(C(=O)OC(C)(C)C)[C@@H](c2ccc(Cl)cc2)[C@@H](c2ccccc2)O1. The van der Waals surface area contributed by atoms with Crippen molar-refractivity contribution in [3.8, 4) is 0 Å². The largest absolute Gasteiger partial charge is 0.489 e. The number of benzene rings is 2. The average Bonchev–Trinajstić information content (AvgIpc) is 2.92. The van der Waals surface area contributed by atoms with Crippen LogP contribution in [0.2, 0.25) is 5.02 Å². The molecule has 1 heterocycles. The third kappa shape index (κ3) is 3.94. The van der Waals surface area contributed by atoms with E-state index in [9.17, 15) is 4.79 Å². The van der Waals surface area contributed by atoms with E-state index in [-0.39, 0.29) is 18.0 Å². The summed E-state index contributed by atoms with van der Waals surface area (Å²) < 4.78 is 11.8. The van der Waals surface area contributed by atoms with Crippen LogP contribution in [0.1, 0.15) is 50.8 Å². The molecule has 1 aliphatic rings. The molecule has 3 rings (SSSR count). The van der Waals surface area contributed by atoms with E-state index < -0.39 is 5.60 Å². The molecule has 2 aromatic carbocycles. The van der Waals surface area contributed by atoms with Crippen molar-refractivity contribution in [2.75, 3.05) is 0 Å². The number of ether oxygens (including phenoxy) is 2. The smallest absolute Gasteiger partial charge is 0.338 e. The Bertz CT molecular complexity index is 817. The van der Waals surface area contributed by atoms with Crippen molar-refractivity contribution in [2.45, 2.75) is 45.3 Å². The fourth-order valence-corrected chi connectivity index (χ4v) is 3.34. The summed E-state index contributed by atoms with van der Waals surface area (Å²) in [4.78, 5) is 12.9. The van der Waals surface area contributed by atoms with E-state index in [4.69, 9.17) is 21.1 Å². The molecule has 0 N–H and O–H groups in total. The van der Waals surface area contributed by atoms with Crippen LogP contribution in [0.4, 0.5) is 0 Å². The molecule has 3 nitrogen and oxygen atoms in total. The molecule has 2 aromatic rings. The maximum Gasteiger partial charge on any atom is 0.338 e. The van der Waals surface area contributed by atoms with Gasteiger partial charge in [-0.25, -0.2) is 4.79 Å². The zero-order valence-electron chi connectivity index (χ0n) is 15.5. The highest BCUT2D eigenvalue weighted by Gasteiger charge is 2.42. The first-order valence-electron chi connectivity index (χ1n) is 8.67. The van der Waals surface area contributed by atoms with Crippen LogP contribution in [0.25, 0.3) is 0 Å². The minimum atomic E-state index is -0.570. The summed E-state index contributed by atoms with van der Waals surface area (Å²) in [5.41, 5.74) is 1.99.